The average Bonchev–Trinajstić information content (AvgIpc) is 2.49. The van der Waals surface area contributed by atoms with Gasteiger partial charge in [0.1, 0.15) is 5.75 Å². The van der Waals surface area contributed by atoms with Crippen molar-refractivity contribution >= 4 is 6.08 Å². The second-order valence-corrected chi connectivity index (χ2v) is 3.37. The molecule has 0 bridgehead atoms. The molecule has 0 saturated carbocycles. The first-order valence-electron chi connectivity index (χ1n) is 4.51. The van der Waals surface area contributed by atoms with Gasteiger partial charge in [0.2, 0.25) is 0 Å². The van der Waals surface area contributed by atoms with Crippen LogP contribution in [-0.2, 0) is 6.42 Å². The summed E-state index contributed by atoms with van der Waals surface area (Å²) in [5.74, 6) is 0.379. The van der Waals surface area contributed by atoms with E-state index in [1.807, 2.05) is 6.07 Å². The normalized spacial score (nSPS) is 14.1. The number of phenolic OH excluding ortho intramolecular Hbond substituents is 1. The summed E-state index contributed by atoms with van der Waals surface area (Å²) in [6, 6.07) is 5.66. The molecule has 1 aromatic rings. The van der Waals surface area contributed by atoms with Crippen molar-refractivity contribution in [3.8, 4) is 5.75 Å². The standard InChI is InChI=1S/C11H13NO/c12-5-4-8-6-9-2-1-3-11(13)10(9)7-8/h1-3,7,13H,4-6,12H2. The predicted octanol–water partition coefficient (Wildman–Crippen LogP) is 1.68. The third-order valence-electron chi connectivity index (χ3n) is 2.40. The summed E-state index contributed by atoms with van der Waals surface area (Å²) in [5.41, 5.74) is 8.99. The van der Waals surface area contributed by atoms with E-state index in [0.29, 0.717) is 12.3 Å². The molecule has 0 spiro atoms. The molecule has 13 heavy (non-hydrogen) atoms. The van der Waals surface area contributed by atoms with Crippen LogP contribution >= 0.6 is 0 Å². The van der Waals surface area contributed by atoms with Crippen molar-refractivity contribution in [2.45, 2.75) is 12.8 Å². The molecule has 0 fully saturated rings. The molecular formula is C11H13NO. The van der Waals surface area contributed by atoms with Gasteiger partial charge in [-0.15, -0.1) is 0 Å². The molecule has 0 heterocycles. The second kappa shape index (κ2) is 3.23. The van der Waals surface area contributed by atoms with Crippen molar-refractivity contribution in [1.29, 1.82) is 0 Å². The topological polar surface area (TPSA) is 46.2 Å². The number of benzene rings is 1. The third kappa shape index (κ3) is 1.45. The van der Waals surface area contributed by atoms with Gasteiger partial charge in [-0.1, -0.05) is 23.8 Å². The first kappa shape index (κ1) is 8.32. The largest absolute Gasteiger partial charge is 0.507 e. The fourth-order valence-corrected chi connectivity index (χ4v) is 1.77. The van der Waals surface area contributed by atoms with E-state index in [-0.39, 0.29) is 0 Å². The van der Waals surface area contributed by atoms with Gasteiger partial charge in [-0.25, -0.2) is 0 Å². The first-order valence-corrected chi connectivity index (χ1v) is 4.51. The molecular weight excluding hydrogens is 162 g/mol. The van der Waals surface area contributed by atoms with Gasteiger partial charge in [-0.05, 0) is 31.0 Å². The molecule has 1 aliphatic carbocycles. The van der Waals surface area contributed by atoms with Crippen LogP contribution in [0.3, 0.4) is 0 Å². The molecule has 0 aliphatic heterocycles. The van der Waals surface area contributed by atoms with Gasteiger partial charge in [0.15, 0.2) is 0 Å². The monoisotopic (exact) mass is 175 g/mol. The Balaban J connectivity index is 2.32. The van der Waals surface area contributed by atoms with Crippen LogP contribution in [0, 0.1) is 0 Å². The lowest BCUT2D eigenvalue weighted by Gasteiger charge is -1.99. The zero-order valence-corrected chi connectivity index (χ0v) is 7.46. The molecule has 3 N–H and O–H groups in total. The van der Waals surface area contributed by atoms with Crippen molar-refractivity contribution < 1.29 is 5.11 Å². The maximum Gasteiger partial charge on any atom is 0.123 e. The lowest BCUT2D eigenvalue weighted by atomic mass is 10.1. The molecule has 0 aromatic heterocycles. The predicted molar refractivity (Wildman–Crippen MR) is 53.5 cm³/mol. The molecule has 0 saturated heterocycles. The van der Waals surface area contributed by atoms with Crippen LogP contribution in [0.5, 0.6) is 5.75 Å². The van der Waals surface area contributed by atoms with E-state index in [1.165, 1.54) is 11.1 Å². The minimum absolute atomic E-state index is 0.379. The molecule has 68 valence electrons. The highest BCUT2D eigenvalue weighted by atomic mass is 16.3. The van der Waals surface area contributed by atoms with Crippen molar-refractivity contribution in [2.75, 3.05) is 6.54 Å². The maximum atomic E-state index is 9.54. The fourth-order valence-electron chi connectivity index (χ4n) is 1.77. The molecule has 2 nitrogen and oxygen atoms in total. The van der Waals surface area contributed by atoms with Crippen LogP contribution in [-0.4, -0.2) is 11.7 Å². The smallest absolute Gasteiger partial charge is 0.123 e. The van der Waals surface area contributed by atoms with Crippen LogP contribution in [0.4, 0.5) is 0 Å². The number of hydrogen-bond acceptors (Lipinski definition) is 2. The van der Waals surface area contributed by atoms with E-state index in [1.54, 1.807) is 6.07 Å². The number of aromatic hydroxyl groups is 1. The first-order chi connectivity index (χ1) is 6.31. The Bertz CT molecular complexity index is 355. The molecule has 0 unspecified atom stereocenters. The van der Waals surface area contributed by atoms with Gasteiger partial charge in [-0.2, -0.15) is 0 Å². The van der Waals surface area contributed by atoms with Crippen molar-refractivity contribution in [3.63, 3.8) is 0 Å². The zero-order chi connectivity index (χ0) is 9.26. The van der Waals surface area contributed by atoms with Crippen LogP contribution < -0.4 is 5.73 Å². The van der Waals surface area contributed by atoms with Crippen molar-refractivity contribution in [3.05, 3.63) is 34.9 Å². The number of hydrogen-bond donors (Lipinski definition) is 2. The highest BCUT2D eigenvalue weighted by Crippen LogP contribution is 2.32. The quantitative estimate of drug-likeness (QED) is 0.718. The zero-order valence-electron chi connectivity index (χ0n) is 7.46. The minimum atomic E-state index is 0.379. The maximum absolute atomic E-state index is 9.54. The minimum Gasteiger partial charge on any atom is -0.507 e. The van der Waals surface area contributed by atoms with Gasteiger partial charge in [-0.3, -0.25) is 0 Å². The Morgan fingerprint density at radius 2 is 2.23 bits per heavy atom. The van der Waals surface area contributed by atoms with Crippen molar-refractivity contribution in [1.82, 2.24) is 0 Å². The van der Waals surface area contributed by atoms with Crippen LogP contribution in [0.15, 0.2) is 23.8 Å². The molecule has 0 amide bonds. The SMILES string of the molecule is NCCC1=Cc2c(O)cccc2C1. The molecule has 2 rings (SSSR count). The van der Waals surface area contributed by atoms with Crippen LogP contribution in [0.1, 0.15) is 17.5 Å². The summed E-state index contributed by atoms with van der Waals surface area (Å²) in [4.78, 5) is 0. The molecule has 1 aliphatic rings. The van der Waals surface area contributed by atoms with E-state index < -0.39 is 0 Å². The molecule has 1 aromatic carbocycles. The molecule has 0 atom stereocenters. The summed E-state index contributed by atoms with van der Waals surface area (Å²) in [6.45, 7) is 0.681. The Hall–Kier alpha value is -1.28. The van der Waals surface area contributed by atoms with Crippen LogP contribution in [0.2, 0.25) is 0 Å². The van der Waals surface area contributed by atoms with Gasteiger partial charge in [0.05, 0.1) is 0 Å². The Labute approximate surface area is 77.7 Å². The van der Waals surface area contributed by atoms with E-state index in [0.717, 1.165) is 18.4 Å². The Kier molecular flexibility index (Phi) is 2.07. The van der Waals surface area contributed by atoms with Crippen LogP contribution in [0.25, 0.3) is 6.08 Å². The summed E-state index contributed by atoms with van der Waals surface area (Å²) in [7, 11) is 0. The lowest BCUT2D eigenvalue weighted by Crippen LogP contribution is -1.99. The van der Waals surface area contributed by atoms with E-state index >= 15 is 0 Å². The second-order valence-electron chi connectivity index (χ2n) is 3.37. The number of phenols is 1. The molecule has 0 radical (unpaired) electrons. The summed E-state index contributed by atoms with van der Waals surface area (Å²) >= 11 is 0. The third-order valence-corrected chi connectivity index (χ3v) is 2.40. The average molecular weight is 175 g/mol. The number of fused-ring (bicyclic) bond motifs is 1. The van der Waals surface area contributed by atoms with E-state index in [2.05, 4.69) is 12.1 Å². The number of rotatable bonds is 2. The van der Waals surface area contributed by atoms with Gasteiger partial charge >= 0.3 is 0 Å². The lowest BCUT2D eigenvalue weighted by molar-refractivity contribution is 0.473. The summed E-state index contributed by atoms with van der Waals surface area (Å²) < 4.78 is 0. The van der Waals surface area contributed by atoms with E-state index in [9.17, 15) is 5.11 Å². The Morgan fingerprint density at radius 1 is 1.38 bits per heavy atom. The highest BCUT2D eigenvalue weighted by molar-refractivity contribution is 5.68. The molecule has 2 heteroatoms. The van der Waals surface area contributed by atoms with E-state index in [4.69, 9.17) is 5.73 Å². The number of nitrogens with two attached hydrogens (primary N) is 1. The van der Waals surface area contributed by atoms with Gasteiger partial charge < -0.3 is 10.8 Å². The Morgan fingerprint density at radius 3 is 2.92 bits per heavy atom. The van der Waals surface area contributed by atoms with Gasteiger partial charge in [0, 0.05) is 5.56 Å². The van der Waals surface area contributed by atoms with Crippen molar-refractivity contribution in [2.24, 2.45) is 5.73 Å². The highest BCUT2D eigenvalue weighted by Gasteiger charge is 2.14. The van der Waals surface area contributed by atoms with Gasteiger partial charge in [0.25, 0.3) is 0 Å². The summed E-state index contributed by atoms with van der Waals surface area (Å²) in [5, 5.41) is 9.54. The summed E-state index contributed by atoms with van der Waals surface area (Å²) in [6.07, 6.45) is 3.92. The fraction of sp³-hybridized carbons (Fsp3) is 0.273.